The van der Waals surface area contributed by atoms with Crippen molar-refractivity contribution in [1.82, 2.24) is 9.80 Å². The number of fused-ring (bicyclic) bond motifs is 1. The number of allylic oxidation sites excluding steroid dienone is 1. The van der Waals surface area contributed by atoms with Crippen LogP contribution in [0.3, 0.4) is 0 Å². The highest BCUT2D eigenvalue weighted by Gasteiger charge is 2.22. The molecule has 0 atom stereocenters. The van der Waals surface area contributed by atoms with Gasteiger partial charge in [-0.15, -0.1) is 0 Å². The minimum atomic E-state index is 0.742. The highest BCUT2D eigenvalue weighted by atomic mass is 16.5. The molecule has 0 spiro atoms. The van der Waals surface area contributed by atoms with Gasteiger partial charge in [0, 0.05) is 25.2 Å². The van der Waals surface area contributed by atoms with Gasteiger partial charge in [0.2, 0.25) is 0 Å². The monoisotopic (exact) mass is 372 g/mol. The van der Waals surface area contributed by atoms with Crippen LogP contribution in [0.5, 0.6) is 11.5 Å². The SMILES string of the molecule is Cc1c(OCCN2CCCCCC2)ccc2c1OC(N1CCOCC1)=CC2. The van der Waals surface area contributed by atoms with Crippen molar-refractivity contribution < 1.29 is 14.2 Å². The molecule has 2 fully saturated rings. The molecule has 1 aromatic rings. The van der Waals surface area contributed by atoms with E-state index in [-0.39, 0.29) is 0 Å². The predicted octanol–water partition coefficient (Wildman–Crippen LogP) is 3.36. The molecule has 0 amide bonds. The van der Waals surface area contributed by atoms with Gasteiger partial charge in [-0.2, -0.15) is 0 Å². The van der Waals surface area contributed by atoms with E-state index in [1.165, 1.54) is 44.3 Å². The lowest BCUT2D eigenvalue weighted by molar-refractivity contribution is 0.0338. The van der Waals surface area contributed by atoms with Gasteiger partial charge in [-0.3, -0.25) is 4.90 Å². The maximum Gasteiger partial charge on any atom is 0.192 e. The first-order valence-electron chi connectivity index (χ1n) is 10.5. The maximum atomic E-state index is 6.30. The highest BCUT2D eigenvalue weighted by molar-refractivity contribution is 5.52. The summed E-state index contributed by atoms with van der Waals surface area (Å²) in [7, 11) is 0. The fourth-order valence-electron chi connectivity index (χ4n) is 4.15. The average Bonchev–Trinajstić information content (AvgIpc) is 2.99. The standard InChI is InChI=1S/C22H32N2O3/c1-18-20(26-17-12-23-10-4-2-3-5-11-23)8-6-19-7-9-21(27-22(18)19)24-13-15-25-16-14-24/h6,8-9H,2-5,7,10-17H2,1H3. The van der Waals surface area contributed by atoms with E-state index in [4.69, 9.17) is 14.2 Å². The molecular weight excluding hydrogens is 340 g/mol. The van der Waals surface area contributed by atoms with Crippen molar-refractivity contribution >= 4 is 0 Å². The minimum Gasteiger partial charge on any atom is -0.492 e. The molecule has 0 aromatic heterocycles. The van der Waals surface area contributed by atoms with Gasteiger partial charge in [0.25, 0.3) is 0 Å². The molecule has 5 heteroatoms. The lowest BCUT2D eigenvalue weighted by atomic mass is 10.0. The fourth-order valence-corrected chi connectivity index (χ4v) is 4.15. The maximum absolute atomic E-state index is 6.30. The smallest absolute Gasteiger partial charge is 0.192 e. The first-order chi connectivity index (χ1) is 13.3. The summed E-state index contributed by atoms with van der Waals surface area (Å²) in [5, 5.41) is 0. The Morgan fingerprint density at radius 3 is 2.56 bits per heavy atom. The molecule has 5 nitrogen and oxygen atoms in total. The second-order valence-electron chi connectivity index (χ2n) is 7.73. The zero-order chi connectivity index (χ0) is 18.5. The van der Waals surface area contributed by atoms with Gasteiger partial charge < -0.3 is 19.1 Å². The predicted molar refractivity (Wildman–Crippen MR) is 106 cm³/mol. The molecule has 0 N–H and O–H groups in total. The number of hydrogen-bond donors (Lipinski definition) is 0. The summed E-state index contributed by atoms with van der Waals surface area (Å²) in [6, 6.07) is 4.25. The van der Waals surface area contributed by atoms with Crippen molar-refractivity contribution in [3.05, 3.63) is 35.2 Å². The van der Waals surface area contributed by atoms with Crippen molar-refractivity contribution in [2.45, 2.75) is 39.0 Å². The lowest BCUT2D eigenvalue weighted by Crippen LogP contribution is -2.38. The Hall–Kier alpha value is -1.72. The number of ether oxygens (including phenoxy) is 3. The third kappa shape index (κ3) is 4.58. The van der Waals surface area contributed by atoms with E-state index in [1.807, 2.05) is 0 Å². The van der Waals surface area contributed by atoms with Gasteiger partial charge in [0.15, 0.2) is 5.88 Å². The van der Waals surface area contributed by atoms with Crippen LogP contribution >= 0.6 is 0 Å². The molecule has 0 unspecified atom stereocenters. The Morgan fingerprint density at radius 2 is 1.78 bits per heavy atom. The third-order valence-electron chi connectivity index (χ3n) is 5.83. The van der Waals surface area contributed by atoms with Crippen LogP contribution in [-0.4, -0.2) is 62.3 Å². The summed E-state index contributed by atoms with van der Waals surface area (Å²) < 4.78 is 17.9. The van der Waals surface area contributed by atoms with Gasteiger partial charge >= 0.3 is 0 Å². The lowest BCUT2D eigenvalue weighted by Gasteiger charge is -2.33. The fraction of sp³-hybridized carbons (Fsp3) is 0.636. The Kier molecular flexibility index (Phi) is 6.20. The summed E-state index contributed by atoms with van der Waals surface area (Å²) in [6.07, 6.45) is 8.49. The number of likely N-dealkylation sites (tertiary alicyclic amines) is 1. The van der Waals surface area contributed by atoms with E-state index in [1.54, 1.807) is 0 Å². The van der Waals surface area contributed by atoms with Crippen molar-refractivity contribution in [2.24, 2.45) is 0 Å². The van der Waals surface area contributed by atoms with Gasteiger partial charge in [0.1, 0.15) is 18.1 Å². The van der Waals surface area contributed by atoms with Gasteiger partial charge in [-0.1, -0.05) is 18.9 Å². The van der Waals surface area contributed by atoms with Crippen molar-refractivity contribution in [3.63, 3.8) is 0 Å². The van der Waals surface area contributed by atoms with Gasteiger partial charge in [-0.25, -0.2) is 0 Å². The van der Waals surface area contributed by atoms with Crippen LogP contribution in [0.25, 0.3) is 0 Å². The van der Waals surface area contributed by atoms with Crippen molar-refractivity contribution in [3.8, 4) is 11.5 Å². The third-order valence-corrected chi connectivity index (χ3v) is 5.83. The van der Waals surface area contributed by atoms with Gasteiger partial charge in [0.05, 0.1) is 13.2 Å². The van der Waals surface area contributed by atoms with Crippen LogP contribution in [0.15, 0.2) is 24.1 Å². The summed E-state index contributed by atoms with van der Waals surface area (Å²) in [4.78, 5) is 4.81. The molecular formula is C22H32N2O3. The Morgan fingerprint density at radius 1 is 1.00 bits per heavy atom. The van der Waals surface area contributed by atoms with Gasteiger partial charge in [-0.05, 0) is 57.0 Å². The van der Waals surface area contributed by atoms with Crippen LogP contribution in [0.1, 0.15) is 36.8 Å². The van der Waals surface area contributed by atoms with E-state index in [0.29, 0.717) is 0 Å². The van der Waals surface area contributed by atoms with E-state index < -0.39 is 0 Å². The van der Waals surface area contributed by atoms with Crippen LogP contribution in [0.4, 0.5) is 0 Å². The molecule has 0 aliphatic carbocycles. The van der Waals surface area contributed by atoms with E-state index in [2.05, 4.69) is 34.9 Å². The summed E-state index contributed by atoms with van der Waals surface area (Å²) in [6.45, 7) is 9.62. The summed E-state index contributed by atoms with van der Waals surface area (Å²) in [5.41, 5.74) is 2.35. The second-order valence-corrected chi connectivity index (χ2v) is 7.73. The van der Waals surface area contributed by atoms with Crippen LogP contribution in [0, 0.1) is 6.92 Å². The highest BCUT2D eigenvalue weighted by Crippen LogP contribution is 2.36. The normalized spacial score (nSPS) is 21.1. The average molecular weight is 373 g/mol. The molecule has 3 aliphatic rings. The zero-order valence-electron chi connectivity index (χ0n) is 16.5. The molecule has 1 aromatic carbocycles. The second kappa shape index (κ2) is 8.98. The number of benzene rings is 1. The van der Waals surface area contributed by atoms with Crippen LogP contribution < -0.4 is 9.47 Å². The Balaban J connectivity index is 1.37. The molecule has 0 saturated carbocycles. The number of hydrogen-bond acceptors (Lipinski definition) is 5. The van der Waals surface area contributed by atoms with Crippen molar-refractivity contribution in [1.29, 1.82) is 0 Å². The Labute approximate surface area is 162 Å². The molecule has 0 bridgehead atoms. The van der Waals surface area contributed by atoms with E-state index in [9.17, 15) is 0 Å². The molecule has 27 heavy (non-hydrogen) atoms. The zero-order valence-corrected chi connectivity index (χ0v) is 16.5. The minimum absolute atomic E-state index is 0.742. The van der Waals surface area contributed by atoms with Crippen molar-refractivity contribution in [2.75, 3.05) is 52.5 Å². The summed E-state index contributed by atoms with van der Waals surface area (Å²) in [5.74, 6) is 2.90. The molecule has 4 rings (SSSR count). The van der Waals surface area contributed by atoms with Crippen LogP contribution in [0.2, 0.25) is 0 Å². The molecule has 3 heterocycles. The largest absolute Gasteiger partial charge is 0.492 e. The molecule has 0 radical (unpaired) electrons. The van der Waals surface area contributed by atoms with E-state index in [0.717, 1.165) is 68.8 Å². The quantitative estimate of drug-likeness (QED) is 0.792. The number of nitrogens with zero attached hydrogens (tertiary/aromatic N) is 2. The number of rotatable bonds is 5. The molecule has 2 saturated heterocycles. The Bertz CT molecular complexity index is 660. The topological polar surface area (TPSA) is 34.2 Å². The first-order valence-corrected chi connectivity index (χ1v) is 10.5. The number of morpholine rings is 1. The molecule has 148 valence electrons. The summed E-state index contributed by atoms with van der Waals surface area (Å²) >= 11 is 0. The van der Waals surface area contributed by atoms with Crippen LogP contribution in [-0.2, 0) is 11.2 Å². The molecule has 3 aliphatic heterocycles. The van der Waals surface area contributed by atoms with E-state index >= 15 is 0 Å². The first kappa shape index (κ1) is 18.6.